The summed E-state index contributed by atoms with van der Waals surface area (Å²) in [5.74, 6) is 0.748. The molecule has 2 aliphatic rings. The fourth-order valence-electron chi connectivity index (χ4n) is 4.99. The first kappa shape index (κ1) is 16.8. The minimum atomic E-state index is -0.805. The van der Waals surface area contributed by atoms with Gasteiger partial charge in [-0.3, -0.25) is 0 Å². The maximum absolute atomic E-state index is 10.8. The van der Waals surface area contributed by atoms with Crippen molar-refractivity contribution in [2.75, 3.05) is 0 Å². The van der Waals surface area contributed by atoms with Gasteiger partial charge >= 0.3 is 0 Å². The smallest absolute Gasteiger partial charge is 0.0797 e. The van der Waals surface area contributed by atoms with Crippen LogP contribution in [-0.4, -0.2) is 21.4 Å². The summed E-state index contributed by atoms with van der Waals surface area (Å²) in [6.45, 7) is 14.2. The largest absolute Gasteiger partial charge is 0.390 e. The Hall–Kier alpha value is -0.600. The van der Waals surface area contributed by atoms with Crippen LogP contribution < -0.4 is 0 Å². The first-order chi connectivity index (χ1) is 9.62. The van der Waals surface area contributed by atoms with Crippen LogP contribution in [0.15, 0.2) is 24.8 Å². The molecule has 0 heterocycles. The van der Waals surface area contributed by atoms with Crippen molar-refractivity contribution in [3.63, 3.8) is 0 Å². The highest BCUT2D eigenvalue weighted by atomic mass is 16.3. The Labute approximate surface area is 130 Å². The van der Waals surface area contributed by atoms with E-state index in [1.165, 1.54) is 5.57 Å². The van der Waals surface area contributed by atoms with Crippen LogP contribution in [0, 0.1) is 17.3 Å². The van der Waals surface area contributed by atoms with E-state index in [0.29, 0.717) is 18.3 Å². The Morgan fingerprint density at radius 1 is 1.38 bits per heavy atom. The molecule has 0 spiro atoms. The number of aliphatic hydroxyl groups is 2. The molecule has 2 heteroatoms. The van der Waals surface area contributed by atoms with Crippen LogP contribution in [0.1, 0.15) is 65.7 Å². The predicted octanol–water partition coefficient (Wildman–Crippen LogP) is 4.23. The van der Waals surface area contributed by atoms with Gasteiger partial charge in [-0.05, 0) is 69.6 Å². The van der Waals surface area contributed by atoms with Gasteiger partial charge in [-0.25, -0.2) is 0 Å². The maximum Gasteiger partial charge on any atom is 0.0797 e. The van der Waals surface area contributed by atoms with E-state index in [1.807, 2.05) is 13.8 Å². The fourth-order valence-corrected chi connectivity index (χ4v) is 4.99. The van der Waals surface area contributed by atoms with E-state index in [-0.39, 0.29) is 5.41 Å². The van der Waals surface area contributed by atoms with Crippen molar-refractivity contribution in [2.24, 2.45) is 17.3 Å². The zero-order chi connectivity index (χ0) is 15.9. The zero-order valence-corrected chi connectivity index (χ0v) is 14.0. The summed E-state index contributed by atoms with van der Waals surface area (Å²) in [6.07, 6.45) is 8.50. The number of allylic oxidation sites excluding steroid dienone is 1. The summed E-state index contributed by atoms with van der Waals surface area (Å²) in [5, 5.41) is 21.0. The van der Waals surface area contributed by atoms with E-state index in [4.69, 9.17) is 0 Å². The molecule has 5 atom stereocenters. The van der Waals surface area contributed by atoms with Crippen molar-refractivity contribution in [1.29, 1.82) is 0 Å². The molecule has 21 heavy (non-hydrogen) atoms. The Balaban J connectivity index is 2.21. The molecule has 2 aliphatic carbocycles. The summed E-state index contributed by atoms with van der Waals surface area (Å²) in [6, 6.07) is 0. The molecule has 0 bridgehead atoms. The standard InChI is InChI=1S/C19H32O2/c1-6-17(3,20)13-10-15-14(2)8-9-16-18(15,4)11-7-12-19(16,5)21/h6,15-16,20-21H,1-2,7-13H2,3-5H3/t15-,16-,17-,18+,19-/m0/s1. The third-order valence-corrected chi connectivity index (χ3v) is 6.37. The molecular formula is C19H32O2. The molecule has 2 fully saturated rings. The Morgan fingerprint density at radius 2 is 2.05 bits per heavy atom. The van der Waals surface area contributed by atoms with Gasteiger partial charge in [-0.1, -0.05) is 31.6 Å². The molecule has 0 aromatic heterocycles. The van der Waals surface area contributed by atoms with E-state index in [9.17, 15) is 10.2 Å². The molecule has 2 N–H and O–H groups in total. The van der Waals surface area contributed by atoms with Crippen molar-refractivity contribution in [3.8, 4) is 0 Å². The highest BCUT2D eigenvalue weighted by Gasteiger charge is 2.53. The van der Waals surface area contributed by atoms with Crippen LogP contribution >= 0.6 is 0 Å². The second-order valence-corrected chi connectivity index (χ2v) is 8.12. The van der Waals surface area contributed by atoms with Gasteiger partial charge in [-0.2, -0.15) is 0 Å². The molecule has 0 saturated heterocycles. The molecule has 2 saturated carbocycles. The second kappa shape index (κ2) is 5.55. The van der Waals surface area contributed by atoms with Gasteiger partial charge in [0.1, 0.15) is 0 Å². The van der Waals surface area contributed by atoms with E-state index in [2.05, 4.69) is 20.1 Å². The van der Waals surface area contributed by atoms with Crippen molar-refractivity contribution in [2.45, 2.75) is 76.9 Å². The maximum atomic E-state index is 10.8. The van der Waals surface area contributed by atoms with Gasteiger partial charge in [0.2, 0.25) is 0 Å². The van der Waals surface area contributed by atoms with Crippen LogP contribution in [0.3, 0.4) is 0 Å². The lowest BCUT2D eigenvalue weighted by atomic mass is 9.49. The molecule has 2 nitrogen and oxygen atoms in total. The second-order valence-electron chi connectivity index (χ2n) is 8.12. The lowest BCUT2D eigenvalue weighted by Crippen LogP contribution is -2.54. The van der Waals surface area contributed by atoms with Gasteiger partial charge in [-0.15, -0.1) is 6.58 Å². The molecular weight excluding hydrogens is 260 g/mol. The topological polar surface area (TPSA) is 40.5 Å². The summed E-state index contributed by atoms with van der Waals surface area (Å²) >= 11 is 0. The summed E-state index contributed by atoms with van der Waals surface area (Å²) in [7, 11) is 0. The first-order valence-electron chi connectivity index (χ1n) is 8.38. The van der Waals surface area contributed by atoms with E-state index in [0.717, 1.165) is 38.5 Å². The van der Waals surface area contributed by atoms with Crippen LogP contribution in [0.25, 0.3) is 0 Å². The zero-order valence-electron chi connectivity index (χ0n) is 14.0. The van der Waals surface area contributed by atoms with E-state index in [1.54, 1.807) is 6.08 Å². The van der Waals surface area contributed by atoms with Gasteiger partial charge < -0.3 is 10.2 Å². The van der Waals surface area contributed by atoms with Gasteiger partial charge in [0.05, 0.1) is 11.2 Å². The van der Waals surface area contributed by atoms with Crippen molar-refractivity contribution in [1.82, 2.24) is 0 Å². The van der Waals surface area contributed by atoms with Crippen LogP contribution in [0.5, 0.6) is 0 Å². The van der Waals surface area contributed by atoms with Gasteiger partial charge in [0.25, 0.3) is 0 Å². The molecule has 0 unspecified atom stereocenters. The SMILES string of the molecule is C=C[C@](C)(O)CC[C@H]1C(=C)CC[C@H]2[C@]1(C)CCC[C@]2(C)O. The first-order valence-corrected chi connectivity index (χ1v) is 8.38. The molecule has 0 amide bonds. The monoisotopic (exact) mass is 292 g/mol. The predicted molar refractivity (Wildman–Crippen MR) is 88.0 cm³/mol. The molecule has 0 aliphatic heterocycles. The van der Waals surface area contributed by atoms with Crippen molar-refractivity contribution < 1.29 is 10.2 Å². The van der Waals surface area contributed by atoms with E-state index < -0.39 is 11.2 Å². The van der Waals surface area contributed by atoms with Gasteiger partial charge in [0, 0.05) is 0 Å². The van der Waals surface area contributed by atoms with Gasteiger partial charge in [0.15, 0.2) is 0 Å². The van der Waals surface area contributed by atoms with Crippen molar-refractivity contribution in [3.05, 3.63) is 24.8 Å². The minimum Gasteiger partial charge on any atom is -0.390 e. The molecule has 0 aromatic rings. The third-order valence-electron chi connectivity index (χ3n) is 6.37. The molecule has 0 aromatic carbocycles. The van der Waals surface area contributed by atoms with Crippen LogP contribution in [0.2, 0.25) is 0 Å². The molecule has 120 valence electrons. The highest BCUT2D eigenvalue weighted by Crippen LogP contribution is 2.59. The van der Waals surface area contributed by atoms with E-state index >= 15 is 0 Å². The van der Waals surface area contributed by atoms with Crippen LogP contribution in [0.4, 0.5) is 0 Å². The summed E-state index contributed by atoms with van der Waals surface area (Å²) in [4.78, 5) is 0. The average molecular weight is 292 g/mol. The third kappa shape index (κ3) is 3.12. The van der Waals surface area contributed by atoms with Crippen LogP contribution in [-0.2, 0) is 0 Å². The number of hydrogen-bond donors (Lipinski definition) is 2. The Bertz CT molecular complexity index is 421. The minimum absolute atomic E-state index is 0.119. The number of fused-ring (bicyclic) bond motifs is 1. The molecule has 0 radical (unpaired) electrons. The number of rotatable bonds is 4. The lowest BCUT2D eigenvalue weighted by Gasteiger charge is -2.57. The highest BCUT2D eigenvalue weighted by molar-refractivity contribution is 5.17. The summed E-state index contributed by atoms with van der Waals surface area (Å²) < 4.78 is 0. The lowest BCUT2D eigenvalue weighted by molar-refractivity contribution is -0.127. The normalized spacial score (nSPS) is 43.0. The quantitative estimate of drug-likeness (QED) is 0.761. The summed E-state index contributed by atoms with van der Waals surface area (Å²) in [5.41, 5.74) is 0.0773. The average Bonchev–Trinajstić information content (AvgIpc) is 2.36. The fraction of sp³-hybridized carbons (Fsp3) is 0.789. The number of hydrogen-bond acceptors (Lipinski definition) is 2. The molecule has 2 rings (SSSR count). The van der Waals surface area contributed by atoms with Crippen molar-refractivity contribution >= 4 is 0 Å². The Kier molecular flexibility index (Phi) is 4.43. The Morgan fingerprint density at radius 3 is 2.67 bits per heavy atom.